The van der Waals surface area contributed by atoms with Gasteiger partial charge in [-0.2, -0.15) is 0 Å². The zero-order valence-corrected chi connectivity index (χ0v) is 58.4. The zero-order valence-electron chi connectivity index (χ0n) is 55.1. The van der Waals surface area contributed by atoms with E-state index in [2.05, 4.69) is 58.2 Å². The van der Waals surface area contributed by atoms with E-state index in [0.717, 1.165) is 43.2 Å². The number of rotatable bonds is 15. The highest BCUT2D eigenvalue weighted by molar-refractivity contribution is 8.77. The summed E-state index contributed by atoms with van der Waals surface area (Å²) >= 11 is 0. The summed E-state index contributed by atoms with van der Waals surface area (Å²) in [6, 6.07) is -4.45. The van der Waals surface area contributed by atoms with Crippen molar-refractivity contribution in [3.8, 4) is 5.75 Å². The largest absolute Gasteiger partial charge is 0.508 e. The topological polar surface area (TPSA) is 451 Å². The van der Waals surface area contributed by atoms with E-state index in [1.165, 1.54) is 34.1 Å². The maximum absolute atomic E-state index is 15.1. The Morgan fingerprint density at radius 1 is 0.592 bits per heavy atom. The highest BCUT2D eigenvalue weighted by Gasteiger charge is 2.45. The number of hydrogen-bond donors (Lipinski definition) is 15. The number of amides is 12. The Balaban J connectivity index is 1.33. The maximum atomic E-state index is 15.1. The summed E-state index contributed by atoms with van der Waals surface area (Å²) in [5, 5.41) is 58.7. The Morgan fingerprint density at radius 3 is 1.81 bits per heavy atom. The number of fused-ring (bicyclic) bond motifs is 11. The number of carboxylic acids is 1. The predicted octanol–water partition coefficient (Wildman–Crippen LogP) is -0.649. The Kier molecular flexibility index (Phi) is 30.1. The molecular weight excluding hydrogens is 1350 g/mol. The van der Waals surface area contributed by atoms with Gasteiger partial charge in [0.05, 0.1) is 13.2 Å². The Morgan fingerprint density at radius 2 is 1.15 bits per heavy atom. The molecule has 536 valence electrons. The average Bonchev–Trinajstić information content (AvgIpc) is 1.63. The van der Waals surface area contributed by atoms with Crippen molar-refractivity contribution in [2.24, 2.45) is 11.7 Å². The number of unbranched alkanes of at least 4 members (excludes halogenated alkanes) is 1. The first kappa shape index (κ1) is 77.6. The van der Waals surface area contributed by atoms with Gasteiger partial charge in [0, 0.05) is 66.0 Å². The molecule has 4 aliphatic rings. The molecular formula is C64H90N14O16S4. The van der Waals surface area contributed by atoms with E-state index < -0.39 is 180 Å². The zero-order chi connectivity index (χ0) is 71.2. The molecule has 4 aliphatic heterocycles. The van der Waals surface area contributed by atoms with Gasteiger partial charge in [0.25, 0.3) is 0 Å². The fraction of sp³-hybridized carbons (Fsp3) is 0.578. The molecule has 4 saturated heterocycles. The lowest BCUT2D eigenvalue weighted by molar-refractivity contribution is -0.148. The number of benzene rings is 2. The van der Waals surface area contributed by atoms with Crippen LogP contribution in [0.15, 0.2) is 54.7 Å². The van der Waals surface area contributed by atoms with Gasteiger partial charge in [0.1, 0.15) is 78.3 Å². The lowest BCUT2D eigenvalue weighted by Crippen LogP contribution is -2.62. The first-order valence-corrected chi connectivity index (χ1v) is 38.0. The minimum atomic E-state index is -1.75. The van der Waals surface area contributed by atoms with E-state index in [4.69, 9.17) is 5.73 Å². The molecule has 12 amide bonds. The molecule has 30 nitrogen and oxygen atoms in total. The molecule has 7 rings (SSSR count). The molecule has 0 radical (unpaired) electrons. The van der Waals surface area contributed by atoms with Crippen LogP contribution in [0.5, 0.6) is 5.75 Å². The van der Waals surface area contributed by atoms with Crippen LogP contribution in [0.2, 0.25) is 0 Å². The number of nitrogens with zero attached hydrogens (tertiary/aromatic N) is 2. The third kappa shape index (κ3) is 21.4. The van der Waals surface area contributed by atoms with Crippen LogP contribution >= 0.6 is 43.2 Å². The third-order valence-corrected chi connectivity index (χ3v) is 22.3. The Bertz CT molecular complexity index is 3350. The number of hydrogen-bond acceptors (Lipinski definition) is 20. The lowest BCUT2D eigenvalue weighted by atomic mass is 9.96. The summed E-state index contributed by atoms with van der Waals surface area (Å²) < 4.78 is 0. The number of carboxylic acid groups (broad SMARTS) is 1. The number of aliphatic hydroxyl groups excluding tert-OH is 1. The van der Waals surface area contributed by atoms with E-state index in [-0.39, 0.29) is 75.3 Å². The molecule has 0 aliphatic carbocycles. The van der Waals surface area contributed by atoms with Crippen molar-refractivity contribution >= 4 is 131 Å². The van der Waals surface area contributed by atoms with Crippen molar-refractivity contribution in [2.45, 2.75) is 177 Å². The molecule has 16 N–H and O–H groups in total. The van der Waals surface area contributed by atoms with Crippen LogP contribution in [0.3, 0.4) is 0 Å². The second-order valence-corrected chi connectivity index (χ2v) is 29.7. The highest BCUT2D eigenvalue weighted by Crippen LogP contribution is 2.30. The molecule has 98 heavy (non-hydrogen) atoms. The summed E-state index contributed by atoms with van der Waals surface area (Å²) in [5.74, 6) is -13.8. The summed E-state index contributed by atoms with van der Waals surface area (Å²) in [5.41, 5.74) is 7.42. The second kappa shape index (κ2) is 38.0. The van der Waals surface area contributed by atoms with Gasteiger partial charge in [-0.3, -0.25) is 57.5 Å². The fourth-order valence-corrected chi connectivity index (χ4v) is 16.4. The number of phenolic OH excluding ortho intramolecular Hbond substituents is 1. The van der Waals surface area contributed by atoms with Gasteiger partial charge in [0.15, 0.2) is 0 Å². The van der Waals surface area contributed by atoms with Crippen LogP contribution < -0.4 is 58.9 Å². The summed E-state index contributed by atoms with van der Waals surface area (Å²) in [4.78, 5) is 194. The van der Waals surface area contributed by atoms with Crippen LogP contribution in [0, 0.1) is 5.92 Å². The standard InChI is InChI=1S/C64H90N14O16S4/c1-5-8-15-41-62(91)78-24-12-18-50(78)63(92)77-23-11-17-49(77)60(89)74-47-32-96-95-30-45(67-51(81)27-65)57(86)73-46(58(87)72-44(29-79)56(85)69-41)31-97-98-33-48(64(93)94)75-54(83)42(25-35-19-21-37(80)22-20-35)70-53(82)40(13-6-2)68-55(84)43(26-36-28-66-39-16-10-9-14-38(36)39)71-61(90)52(34(4)7-3)76-59(47)88/h9-10,14,16,19-22,28,34,40-50,52,66,79-80H,5-8,11-13,15,17-18,23-27,29-33,65H2,1-4H3,(H,67,81)(H,68,84)(H,69,85)(H,70,82)(H,71,90)(H,72,87)(H,73,86)(H,74,89)(H,75,83)(H,76,88)(H,93,94)/t34-,40+,41+,42+,43+,44+,45+,46+,47+,48+,49+,50+,52+/m1/s1. The first-order chi connectivity index (χ1) is 47.0. The van der Waals surface area contributed by atoms with Gasteiger partial charge in [-0.25, -0.2) is 4.79 Å². The van der Waals surface area contributed by atoms with Gasteiger partial charge in [-0.05, 0) is 73.8 Å². The Labute approximate surface area is 583 Å². The van der Waals surface area contributed by atoms with Crippen molar-refractivity contribution in [1.29, 1.82) is 0 Å². The van der Waals surface area contributed by atoms with Gasteiger partial charge in [0.2, 0.25) is 70.9 Å². The number of phenols is 1. The van der Waals surface area contributed by atoms with Crippen LogP contribution in [0.25, 0.3) is 10.9 Å². The van der Waals surface area contributed by atoms with Crippen molar-refractivity contribution in [3.63, 3.8) is 0 Å². The molecule has 4 fully saturated rings. The number of H-pyrrole nitrogens is 1. The van der Waals surface area contributed by atoms with E-state index in [9.17, 15) is 63.3 Å². The molecule has 34 heteroatoms. The molecule has 2 aromatic carbocycles. The van der Waals surface area contributed by atoms with Gasteiger partial charge >= 0.3 is 5.97 Å². The molecule has 0 unspecified atom stereocenters. The van der Waals surface area contributed by atoms with Gasteiger partial charge in [-0.1, -0.05) is 127 Å². The normalized spacial score (nSPS) is 27.3. The Hall–Kier alpha value is -7.79. The number of nitrogens with one attached hydrogen (secondary N) is 11. The van der Waals surface area contributed by atoms with E-state index in [1.54, 1.807) is 39.1 Å². The van der Waals surface area contributed by atoms with E-state index in [1.807, 2.05) is 19.1 Å². The molecule has 13 atom stereocenters. The molecule has 1 aromatic heterocycles. The molecule has 5 heterocycles. The average molecular weight is 1440 g/mol. The monoisotopic (exact) mass is 1440 g/mol. The van der Waals surface area contributed by atoms with Crippen LogP contribution in [0.4, 0.5) is 0 Å². The molecule has 2 bridgehead atoms. The number of nitrogens with two attached hydrogens (primary N) is 1. The number of aromatic nitrogens is 1. The lowest BCUT2D eigenvalue weighted by Gasteiger charge is -2.34. The van der Waals surface area contributed by atoms with Crippen LogP contribution in [-0.2, 0) is 75.2 Å². The highest BCUT2D eigenvalue weighted by atomic mass is 33.1. The summed E-state index contributed by atoms with van der Waals surface area (Å²) in [6.07, 6.45) is 4.03. The van der Waals surface area contributed by atoms with Crippen molar-refractivity contribution in [1.82, 2.24) is 68.0 Å². The van der Waals surface area contributed by atoms with Crippen molar-refractivity contribution in [2.75, 3.05) is 49.3 Å². The van der Waals surface area contributed by atoms with Crippen LogP contribution in [-0.4, -0.2) is 229 Å². The smallest absolute Gasteiger partial charge is 0.327 e. The van der Waals surface area contributed by atoms with E-state index >= 15 is 14.4 Å². The van der Waals surface area contributed by atoms with Gasteiger partial charge in [-0.15, -0.1) is 0 Å². The minimum Gasteiger partial charge on any atom is -0.508 e. The number of para-hydroxylation sites is 1. The number of carbonyl (C=O) groups excluding carboxylic acids is 12. The number of carbonyl (C=O) groups is 13. The molecule has 0 saturated carbocycles. The van der Waals surface area contributed by atoms with Gasteiger partial charge < -0.3 is 89.0 Å². The number of aliphatic hydroxyl groups is 1. The SMILES string of the molecule is CCCC[C@@H]1NC(=O)[C@H](CO)NC(=O)[C@@H]2CSSC[C@@H](C(=O)O)NC(=O)[C@H](Cc3ccc(O)cc3)NC(=O)[C@H](CCC)NC(=O)[C@H](Cc3c[nH]c4ccccc34)NC(=O)[C@H]([C@H](C)CC)NC(=O)[C@H](CSSC[C@H](NC(=O)CN)C(=O)N2)NC(=O)[C@@H]2CCCN2C(=O)[C@@H]2CCCN2C1=O. The molecule has 3 aromatic rings. The number of aromatic amines is 1. The van der Waals surface area contributed by atoms with Crippen molar-refractivity contribution in [3.05, 3.63) is 65.9 Å². The van der Waals surface area contributed by atoms with Crippen molar-refractivity contribution < 1.29 is 77.6 Å². The first-order valence-electron chi connectivity index (χ1n) is 33.0. The molecule has 0 spiro atoms. The minimum absolute atomic E-state index is 0.000746. The second-order valence-electron chi connectivity index (χ2n) is 24.6. The van der Waals surface area contributed by atoms with Crippen LogP contribution in [0.1, 0.15) is 103 Å². The maximum Gasteiger partial charge on any atom is 0.327 e. The predicted molar refractivity (Wildman–Crippen MR) is 370 cm³/mol. The quantitative estimate of drug-likeness (QED) is 0.0841. The number of aromatic hydroxyl groups is 1. The van der Waals surface area contributed by atoms with E-state index in [0.29, 0.717) is 54.1 Å². The summed E-state index contributed by atoms with van der Waals surface area (Å²) in [7, 11) is 3.60. The third-order valence-electron chi connectivity index (χ3n) is 17.5. The fourth-order valence-electron chi connectivity index (χ4n) is 11.8. The summed E-state index contributed by atoms with van der Waals surface area (Å²) in [6.45, 7) is 5.67. The number of aliphatic carboxylic acids is 1.